The fourth-order valence-corrected chi connectivity index (χ4v) is 2.59. The van der Waals surface area contributed by atoms with Crippen molar-refractivity contribution in [2.24, 2.45) is 0 Å². The molecule has 0 bridgehead atoms. The van der Waals surface area contributed by atoms with Crippen molar-refractivity contribution < 1.29 is 27.2 Å². The molecule has 1 rings (SSSR count). The zero-order chi connectivity index (χ0) is 17.2. The van der Waals surface area contributed by atoms with Gasteiger partial charge in [-0.2, -0.15) is 29.0 Å². The molecule has 1 heterocycles. The van der Waals surface area contributed by atoms with E-state index in [0.717, 1.165) is 47.4 Å². The van der Waals surface area contributed by atoms with Crippen molar-refractivity contribution in [2.75, 3.05) is 42.4 Å². The van der Waals surface area contributed by atoms with Crippen molar-refractivity contribution >= 4 is 55.6 Å². The van der Waals surface area contributed by atoms with Gasteiger partial charge in [0.25, 0.3) is 0 Å². The maximum atomic E-state index is 11.4. The number of hydrogen-bond acceptors (Lipinski definition) is 7. The van der Waals surface area contributed by atoms with Gasteiger partial charge < -0.3 is 48.1 Å². The molecular weight excluding hydrogens is 443 g/mol. The molecular formula is C13H21N2O2S4Tc. The summed E-state index contributed by atoms with van der Waals surface area (Å²) >= 11 is 16.9. The van der Waals surface area contributed by atoms with E-state index in [9.17, 15) is 4.79 Å². The SMILES string of the molecule is CN1C=CCC(C(=O)NCC[S-])=C1.[O]=[99Tc+3].[S-]CCSCC[S-]. The third-order valence-electron chi connectivity index (χ3n) is 2.17. The topological polar surface area (TPSA) is 49.4 Å². The number of carbonyl (C=O) groups excluding carboxylic acids is 1. The molecule has 0 spiro atoms. The van der Waals surface area contributed by atoms with Crippen LogP contribution in [-0.4, -0.2) is 53.2 Å². The Balaban J connectivity index is 0. The fraction of sp³-hybridized carbons (Fsp3) is 0.615. The molecule has 0 aromatic carbocycles. The molecule has 0 unspecified atom stereocenters. The normalized spacial score (nSPS) is 12.3. The zero-order valence-electron chi connectivity index (χ0n) is 12.5. The Hall–Kier alpha value is 0.599. The molecule has 1 N–H and O–H groups in total. The van der Waals surface area contributed by atoms with Gasteiger partial charge in [-0.05, 0) is 30.7 Å². The molecule has 22 heavy (non-hydrogen) atoms. The van der Waals surface area contributed by atoms with E-state index in [-0.39, 0.29) is 5.91 Å². The largest absolute Gasteiger partial charge is 0.792 e. The summed E-state index contributed by atoms with van der Waals surface area (Å²) < 4.78 is 8.22. The zero-order valence-corrected chi connectivity index (χ0v) is 17.6. The van der Waals surface area contributed by atoms with Crippen molar-refractivity contribution in [3.8, 4) is 0 Å². The molecule has 0 radical (unpaired) electrons. The van der Waals surface area contributed by atoms with Crippen molar-refractivity contribution in [2.45, 2.75) is 6.42 Å². The Morgan fingerprint density at radius 2 is 1.86 bits per heavy atom. The molecule has 0 saturated heterocycles. The molecule has 4 nitrogen and oxygen atoms in total. The van der Waals surface area contributed by atoms with Gasteiger partial charge in [0.1, 0.15) is 0 Å². The number of carbonyl (C=O) groups is 1. The molecule has 1 amide bonds. The quantitative estimate of drug-likeness (QED) is 0.447. The number of rotatable bonds is 7. The summed E-state index contributed by atoms with van der Waals surface area (Å²) in [5, 5.41) is 2.75. The minimum Gasteiger partial charge on any atom is -0.792 e. The van der Waals surface area contributed by atoms with Gasteiger partial charge in [-0.15, -0.1) is 0 Å². The standard InChI is InChI=1S/C9H14N2OS.C4H10S3.O.Tc/c1-11-5-2-3-8(7-11)9(12)10-4-6-13;5-1-3-7-4-2-6;;/h2,5,7,13H,3-4,6H2,1H3,(H,10,12);5-6H,1-4H2;;/q;;;+3/p-3/i;;;1+1. The van der Waals surface area contributed by atoms with Gasteiger partial charge in [0.15, 0.2) is 0 Å². The van der Waals surface area contributed by atoms with Crippen LogP contribution >= 0.6 is 11.8 Å². The van der Waals surface area contributed by atoms with E-state index in [2.05, 4.69) is 5.32 Å². The summed E-state index contributed by atoms with van der Waals surface area (Å²) in [5.74, 6) is 4.45. The first-order valence-corrected chi connectivity index (χ1v) is 10.1. The maximum absolute atomic E-state index is 11.4. The second kappa shape index (κ2) is 19.6. The first-order valence-electron chi connectivity index (χ1n) is 6.50. The van der Waals surface area contributed by atoms with Crippen LogP contribution in [0.2, 0.25) is 0 Å². The van der Waals surface area contributed by atoms with Crippen molar-refractivity contribution in [3.63, 3.8) is 0 Å². The van der Waals surface area contributed by atoms with Crippen molar-refractivity contribution in [1.29, 1.82) is 0 Å². The van der Waals surface area contributed by atoms with Gasteiger partial charge in [-0.3, -0.25) is 4.79 Å². The Morgan fingerprint density at radius 3 is 2.32 bits per heavy atom. The number of thioether (sulfide) groups is 1. The molecule has 1 aliphatic rings. The molecule has 126 valence electrons. The number of nitrogens with one attached hydrogen (secondary N) is 1. The predicted molar refractivity (Wildman–Crippen MR) is 97.3 cm³/mol. The van der Waals surface area contributed by atoms with E-state index in [4.69, 9.17) is 41.4 Å². The number of amides is 1. The summed E-state index contributed by atoms with van der Waals surface area (Å²) in [6, 6.07) is 0. The van der Waals surface area contributed by atoms with Crippen LogP contribution in [0.3, 0.4) is 0 Å². The van der Waals surface area contributed by atoms with Gasteiger partial charge in [-0.25, -0.2) is 0 Å². The summed E-state index contributed by atoms with van der Waals surface area (Å²) in [7, 11) is 1.90. The van der Waals surface area contributed by atoms with Crippen LogP contribution in [0.4, 0.5) is 0 Å². The number of allylic oxidation sites excluding steroid dienone is 1. The first kappa shape index (κ1) is 24.8. The van der Waals surface area contributed by atoms with Crippen LogP contribution in [0.1, 0.15) is 6.42 Å². The van der Waals surface area contributed by atoms with Gasteiger partial charge in [-0.1, -0.05) is 6.08 Å². The van der Waals surface area contributed by atoms with E-state index in [1.54, 1.807) is 0 Å². The van der Waals surface area contributed by atoms with Crippen LogP contribution < -0.4 is 5.32 Å². The molecule has 9 heteroatoms. The maximum Gasteiger partial charge on any atom is -0.0287 e. The van der Waals surface area contributed by atoms with Gasteiger partial charge in [0.05, 0.1) is 0 Å². The van der Waals surface area contributed by atoms with Crippen LogP contribution in [0.25, 0.3) is 0 Å². The van der Waals surface area contributed by atoms with E-state index >= 15 is 0 Å². The van der Waals surface area contributed by atoms with Crippen molar-refractivity contribution in [1.82, 2.24) is 10.2 Å². The summed E-state index contributed by atoms with van der Waals surface area (Å²) in [6.45, 7) is 0.568. The minimum absolute atomic E-state index is 0.0129. The molecule has 0 aliphatic carbocycles. The first-order chi connectivity index (χ1) is 10.7. The molecule has 0 fully saturated rings. The Morgan fingerprint density at radius 1 is 1.27 bits per heavy atom. The second-order valence-corrected chi connectivity index (χ2v) is 6.34. The third kappa shape index (κ3) is 15.5. The van der Waals surface area contributed by atoms with Gasteiger partial charge in [0.2, 0.25) is 5.91 Å². The Bertz CT molecular complexity index is 340. The van der Waals surface area contributed by atoms with Crippen molar-refractivity contribution in [3.05, 3.63) is 24.0 Å². The molecule has 0 atom stereocenters. The Labute approximate surface area is 165 Å². The van der Waals surface area contributed by atoms with Crippen LogP contribution in [0, 0.1) is 0 Å². The summed E-state index contributed by atoms with van der Waals surface area (Å²) in [5.41, 5.74) is 0.786. The molecule has 1 aliphatic heterocycles. The average molecular weight is 464 g/mol. The summed E-state index contributed by atoms with van der Waals surface area (Å²) in [4.78, 5) is 13.3. The number of hydrogen-bond donors (Lipinski definition) is 1. The average Bonchev–Trinajstić information content (AvgIpc) is 2.55. The van der Waals surface area contributed by atoms with E-state index in [0.29, 0.717) is 18.7 Å². The third-order valence-corrected chi connectivity index (χ3v) is 4.29. The fourth-order valence-electron chi connectivity index (χ4n) is 1.34. The van der Waals surface area contributed by atoms with Gasteiger partial charge in [0, 0.05) is 18.8 Å². The van der Waals surface area contributed by atoms with Crippen LogP contribution in [0.15, 0.2) is 24.0 Å². The molecule has 0 aromatic heterocycles. The molecule has 0 saturated carbocycles. The monoisotopic (exact) mass is 464 g/mol. The molecule has 0 aromatic rings. The Kier molecular flexibility index (Phi) is 22.2. The second-order valence-electron chi connectivity index (χ2n) is 3.89. The number of nitrogens with zero attached hydrogens (tertiary/aromatic N) is 1. The van der Waals surface area contributed by atoms with Gasteiger partial charge >= 0.3 is 22.4 Å². The minimum atomic E-state index is -0.0129. The van der Waals surface area contributed by atoms with Crippen LogP contribution in [0.5, 0.6) is 0 Å². The smallest absolute Gasteiger partial charge is 0.0287 e. The van der Waals surface area contributed by atoms with Crippen LogP contribution in [-0.2, 0) is 65.0 Å². The van der Waals surface area contributed by atoms with E-state index < -0.39 is 0 Å². The summed E-state index contributed by atoms with van der Waals surface area (Å²) in [6.07, 6.45) is 6.43. The van der Waals surface area contributed by atoms with E-state index in [1.807, 2.05) is 42.2 Å². The van der Waals surface area contributed by atoms with E-state index in [1.165, 1.54) is 0 Å². The predicted octanol–water partition coefficient (Wildman–Crippen LogP) is 1.07.